The highest BCUT2D eigenvalue weighted by molar-refractivity contribution is 6.32. The smallest absolute Gasteiger partial charge is 0.254 e. The van der Waals surface area contributed by atoms with Gasteiger partial charge in [-0.2, -0.15) is 5.10 Å². The fourth-order valence-electron chi connectivity index (χ4n) is 2.08. The van der Waals surface area contributed by atoms with Crippen molar-refractivity contribution >= 4 is 29.1 Å². The first-order chi connectivity index (χ1) is 11.6. The quantitative estimate of drug-likeness (QED) is 0.683. The van der Waals surface area contributed by atoms with Crippen LogP contribution in [0, 0.1) is 0 Å². The van der Waals surface area contributed by atoms with E-state index in [0.717, 1.165) is 5.56 Å². The Balaban J connectivity index is 1.57. The van der Waals surface area contributed by atoms with Crippen LogP contribution >= 0.6 is 23.2 Å². The monoisotopic (exact) mass is 361 g/mol. The Morgan fingerprint density at radius 2 is 1.96 bits per heavy atom. The highest BCUT2D eigenvalue weighted by Gasteiger charge is 2.11. The minimum Gasteiger partial charge on any atom is -0.351 e. The highest BCUT2D eigenvalue weighted by Crippen LogP contribution is 2.17. The molecule has 0 bridgehead atoms. The van der Waals surface area contributed by atoms with Gasteiger partial charge >= 0.3 is 0 Å². The van der Waals surface area contributed by atoms with Crippen LogP contribution < -0.4 is 5.32 Å². The van der Waals surface area contributed by atoms with Crippen LogP contribution in [0.2, 0.25) is 10.2 Å². The van der Waals surface area contributed by atoms with Crippen molar-refractivity contribution in [2.75, 3.05) is 6.54 Å². The number of carbonyl (C=O) groups excluding carboxylic acids is 1. The predicted molar refractivity (Wildman–Crippen MR) is 92.1 cm³/mol. The molecule has 0 radical (unpaired) electrons. The fourth-order valence-corrected chi connectivity index (χ4v) is 2.41. The molecule has 3 aromatic rings. The van der Waals surface area contributed by atoms with E-state index < -0.39 is 0 Å². The molecule has 0 aliphatic rings. The largest absolute Gasteiger partial charge is 0.351 e. The van der Waals surface area contributed by atoms with Gasteiger partial charge in [0.1, 0.15) is 11.0 Å². The molecule has 1 aromatic carbocycles. The SMILES string of the molecule is O=C(NCCc1nc(-c2ccc(Cl)cc2)n[nH]1)c1cccnc1Cl. The van der Waals surface area contributed by atoms with Crippen molar-refractivity contribution in [1.29, 1.82) is 0 Å². The van der Waals surface area contributed by atoms with Gasteiger partial charge in [-0.15, -0.1) is 0 Å². The first kappa shape index (κ1) is 16.4. The van der Waals surface area contributed by atoms with Gasteiger partial charge in [0, 0.05) is 29.7 Å². The normalized spacial score (nSPS) is 10.6. The average molecular weight is 362 g/mol. The number of nitrogens with zero attached hydrogens (tertiary/aromatic N) is 3. The Hall–Kier alpha value is -2.44. The van der Waals surface area contributed by atoms with Crippen molar-refractivity contribution in [1.82, 2.24) is 25.5 Å². The van der Waals surface area contributed by atoms with Crippen LogP contribution in [0.5, 0.6) is 0 Å². The van der Waals surface area contributed by atoms with E-state index in [1.165, 1.54) is 6.20 Å². The predicted octanol–water partition coefficient (Wildman–Crippen LogP) is 3.15. The number of amides is 1. The maximum absolute atomic E-state index is 12.0. The zero-order valence-corrected chi connectivity index (χ0v) is 14.0. The number of H-pyrrole nitrogens is 1. The lowest BCUT2D eigenvalue weighted by Crippen LogP contribution is -2.26. The van der Waals surface area contributed by atoms with Crippen molar-refractivity contribution in [2.24, 2.45) is 0 Å². The molecule has 2 aromatic heterocycles. The number of halogens is 2. The Bertz CT molecular complexity index is 848. The first-order valence-electron chi connectivity index (χ1n) is 7.19. The van der Waals surface area contributed by atoms with Crippen LogP contribution in [0.25, 0.3) is 11.4 Å². The molecule has 2 N–H and O–H groups in total. The van der Waals surface area contributed by atoms with Crippen LogP contribution in [0.1, 0.15) is 16.2 Å². The second kappa shape index (κ2) is 7.42. The number of carbonyl (C=O) groups is 1. The van der Waals surface area contributed by atoms with E-state index in [-0.39, 0.29) is 11.1 Å². The summed E-state index contributed by atoms with van der Waals surface area (Å²) in [7, 11) is 0. The van der Waals surface area contributed by atoms with E-state index in [4.69, 9.17) is 23.2 Å². The lowest BCUT2D eigenvalue weighted by molar-refractivity contribution is 0.0954. The summed E-state index contributed by atoms with van der Waals surface area (Å²) in [4.78, 5) is 20.3. The standard InChI is InChI=1S/C16H13Cl2N5O/c17-11-5-3-10(4-6-11)15-21-13(22-23-15)7-9-20-16(24)12-2-1-8-19-14(12)18/h1-6,8H,7,9H2,(H,20,24)(H,21,22,23). The van der Waals surface area contributed by atoms with Crippen LogP contribution in [0.3, 0.4) is 0 Å². The second-order valence-corrected chi connectivity index (χ2v) is 5.75. The molecule has 0 saturated heterocycles. The van der Waals surface area contributed by atoms with Crippen LogP contribution in [0.4, 0.5) is 0 Å². The topological polar surface area (TPSA) is 83.6 Å². The molecule has 0 saturated carbocycles. The Labute approximate surface area is 148 Å². The van der Waals surface area contributed by atoms with Crippen molar-refractivity contribution < 1.29 is 4.79 Å². The van der Waals surface area contributed by atoms with Gasteiger partial charge in [-0.1, -0.05) is 23.2 Å². The molecule has 1 amide bonds. The molecule has 8 heteroatoms. The van der Waals surface area contributed by atoms with Crippen LogP contribution in [-0.4, -0.2) is 32.6 Å². The Morgan fingerprint density at radius 3 is 2.71 bits per heavy atom. The van der Waals surface area contributed by atoms with Gasteiger partial charge < -0.3 is 5.32 Å². The number of pyridine rings is 1. The molecular formula is C16H13Cl2N5O. The summed E-state index contributed by atoms with van der Waals surface area (Å²) in [6.07, 6.45) is 2.05. The molecule has 2 heterocycles. The number of aromatic amines is 1. The van der Waals surface area contributed by atoms with Gasteiger partial charge in [-0.25, -0.2) is 9.97 Å². The average Bonchev–Trinajstić information content (AvgIpc) is 3.04. The third kappa shape index (κ3) is 3.90. The number of aromatic nitrogens is 4. The molecule has 3 rings (SSSR count). The molecule has 6 nitrogen and oxygen atoms in total. The van der Waals surface area contributed by atoms with Gasteiger partial charge in [-0.3, -0.25) is 9.89 Å². The zero-order valence-electron chi connectivity index (χ0n) is 12.5. The molecule has 122 valence electrons. The zero-order chi connectivity index (χ0) is 16.9. The number of nitrogens with one attached hydrogen (secondary N) is 2. The maximum atomic E-state index is 12.0. The second-order valence-electron chi connectivity index (χ2n) is 4.96. The summed E-state index contributed by atoms with van der Waals surface area (Å²) < 4.78 is 0. The Kier molecular flexibility index (Phi) is 5.08. The first-order valence-corrected chi connectivity index (χ1v) is 7.95. The van der Waals surface area contributed by atoms with Gasteiger partial charge in [-0.05, 0) is 36.4 Å². The number of benzene rings is 1. The van der Waals surface area contributed by atoms with Crippen molar-refractivity contribution in [2.45, 2.75) is 6.42 Å². The summed E-state index contributed by atoms with van der Waals surface area (Å²) in [6, 6.07) is 10.5. The van der Waals surface area contributed by atoms with Crippen LogP contribution in [0.15, 0.2) is 42.6 Å². The molecule has 0 aliphatic heterocycles. The summed E-state index contributed by atoms with van der Waals surface area (Å²) in [5.74, 6) is 0.992. The highest BCUT2D eigenvalue weighted by atomic mass is 35.5. The molecule has 0 spiro atoms. The minimum absolute atomic E-state index is 0.180. The third-order valence-corrected chi connectivity index (χ3v) is 3.84. The van der Waals surface area contributed by atoms with Crippen molar-refractivity contribution in [3.63, 3.8) is 0 Å². The number of rotatable bonds is 5. The van der Waals surface area contributed by atoms with Gasteiger partial charge in [0.15, 0.2) is 5.82 Å². The van der Waals surface area contributed by atoms with Gasteiger partial charge in [0.05, 0.1) is 5.56 Å². The van der Waals surface area contributed by atoms with E-state index in [9.17, 15) is 4.79 Å². The number of hydrogen-bond acceptors (Lipinski definition) is 4. The fraction of sp³-hybridized carbons (Fsp3) is 0.125. The molecule has 0 fully saturated rings. The van der Waals surface area contributed by atoms with E-state index in [2.05, 4.69) is 25.5 Å². The number of hydrogen-bond donors (Lipinski definition) is 2. The molecular weight excluding hydrogens is 349 g/mol. The van der Waals surface area contributed by atoms with E-state index in [1.54, 1.807) is 24.3 Å². The van der Waals surface area contributed by atoms with E-state index in [1.807, 2.05) is 12.1 Å². The van der Waals surface area contributed by atoms with Gasteiger partial charge in [0.2, 0.25) is 0 Å². The van der Waals surface area contributed by atoms with Crippen molar-refractivity contribution in [3.8, 4) is 11.4 Å². The Morgan fingerprint density at radius 1 is 1.17 bits per heavy atom. The molecule has 24 heavy (non-hydrogen) atoms. The third-order valence-electron chi connectivity index (χ3n) is 3.29. The summed E-state index contributed by atoms with van der Waals surface area (Å²) in [5, 5.41) is 10.6. The lowest BCUT2D eigenvalue weighted by atomic mass is 10.2. The summed E-state index contributed by atoms with van der Waals surface area (Å²) in [5.41, 5.74) is 1.21. The van der Waals surface area contributed by atoms with Crippen molar-refractivity contribution in [3.05, 3.63) is 64.2 Å². The summed E-state index contributed by atoms with van der Waals surface area (Å²) in [6.45, 7) is 0.402. The summed E-state index contributed by atoms with van der Waals surface area (Å²) >= 11 is 11.7. The van der Waals surface area contributed by atoms with E-state index >= 15 is 0 Å². The van der Waals surface area contributed by atoms with Gasteiger partial charge in [0.25, 0.3) is 5.91 Å². The molecule has 0 aliphatic carbocycles. The molecule has 0 unspecified atom stereocenters. The van der Waals surface area contributed by atoms with Crippen LogP contribution in [-0.2, 0) is 6.42 Å². The maximum Gasteiger partial charge on any atom is 0.254 e. The molecule has 0 atom stereocenters. The minimum atomic E-state index is -0.273. The van der Waals surface area contributed by atoms with E-state index in [0.29, 0.717) is 35.2 Å². The lowest BCUT2D eigenvalue weighted by Gasteiger charge is -2.04.